The number of aliphatic hydroxyl groups is 1. The number of nitrogens with two attached hydrogens (primary N) is 1. The average molecular weight is 757 g/mol. The highest BCUT2D eigenvalue weighted by atomic mass is 19.4. The van der Waals surface area contributed by atoms with Crippen molar-refractivity contribution in [2.45, 2.75) is 96.8 Å². The van der Waals surface area contributed by atoms with Crippen LogP contribution in [0.4, 0.5) is 33.7 Å². The molecule has 3 aromatic carbocycles. The lowest BCUT2D eigenvalue weighted by Crippen LogP contribution is -2.47. The van der Waals surface area contributed by atoms with E-state index in [2.05, 4.69) is 5.32 Å². The Balaban J connectivity index is 1.46. The van der Waals surface area contributed by atoms with Crippen LogP contribution in [0.25, 0.3) is 0 Å². The quantitative estimate of drug-likeness (QED) is 0.134. The molecule has 5 rings (SSSR count). The van der Waals surface area contributed by atoms with Crippen molar-refractivity contribution in [3.63, 3.8) is 0 Å². The minimum Gasteiger partial charge on any atom is -0.422 e. The van der Waals surface area contributed by atoms with Gasteiger partial charge in [0.05, 0.1) is 29.1 Å². The number of aliphatic hydroxyl groups excluding tert-OH is 1. The number of rotatable bonds is 11. The van der Waals surface area contributed by atoms with Gasteiger partial charge in [0.1, 0.15) is 5.82 Å². The molecule has 3 aromatic rings. The van der Waals surface area contributed by atoms with Crippen LogP contribution in [-0.4, -0.2) is 59.6 Å². The molecule has 10 nitrogen and oxygen atoms in total. The number of likely N-dealkylation sites (tertiary alicyclic amines) is 1. The molecular weight excluding hydrogens is 708 g/mol. The third kappa shape index (κ3) is 9.22. The molecule has 2 fully saturated rings. The van der Waals surface area contributed by atoms with E-state index in [9.17, 15) is 32.7 Å². The fraction of sp³-hybridized carbons (Fsp3) is 0.475. The van der Waals surface area contributed by atoms with Crippen LogP contribution in [0.5, 0.6) is 0 Å². The Labute approximate surface area is 312 Å². The first-order chi connectivity index (χ1) is 25.6. The number of ether oxygens (including phenoxy) is 2. The van der Waals surface area contributed by atoms with Crippen LogP contribution >= 0.6 is 0 Å². The molecule has 0 aromatic heterocycles. The number of aryl methyl sites for hydroxylation is 2. The summed E-state index contributed by atoms with van der Waals surface area (Å²) < 4.78 is 67.0. The highest BCUT2D eigenvalue weighted by Crippen LogP contribution is 2.40. The lowest BCUT2D eigenvalue weighted by Gasteiger charge is -2.41. The lowest BCUT2D eigenvalue weighted by atomic mass is 9.83. The normalized spacial score (nSPS) is 19.1. The van der Waals surface area contributed by atoms with Crippen molar-refractivity contribution in [1.29, 1.82) is 0 Å². The predicted octanol–water partition coefficient (Wildman–Crippen LogP) is 7.85. The van der Waals surface area contributed by atoms with Crippen molar-refractivity contribution < 1.29 is 46.5 Å². The Bertz CT molecular complexity index is 1780. The summed E-state index contributed by atoms with van der Waals surface area (Å²) >= 11 is 0. The van der Waals surface area contributed by atoms with E-state index >= 15 is 4.39 Å². The fourth-order valence-corrected chi connectivity index (χ4v) is 7.32. The first-order valence-electron chi connectivity index (χ1n) is 18.2. The molecule has 0 spiro atoms. The van der Waals surface area contributed by atoms with Gasteiger partial charge in [-0.3, -0.25) is 14.5 Å². The molecule has 4 atom stereocenters. The molecule has 1 saturated carbocycles. The van der Waals surface area contributed by atoms with Gasteiger partial charge in [-0.15, -0.1) is 0 Å². The summed E-state index contributed by atoms with van der Waals surface area (Å²) in [4.78, 5) is 44.6. The second-order valence-electron chi connectivity index (χ2n) is 14.4. The molecule has 14 heteroatoms. The van der Waals surface area contributed by atoms with E-state index in [1.807, 2.05) is 13.8 Å². The van der Waals surface area contributed by atoms with Gasteiger partial charge in [0, 0.05) is 24.0 Å². The van der Waals surface area contributed by atoms with Crippen LogP contribution in [-0.2, 0) is 20.4 Å². The van der Waals surface area contributed by atoms with E-state index in [0.29, 0.717) is 29.7 Å². The first-order valence-corrected chi connectivity index (χ1v) is 18.2. The number of benzene rings is 3. The predicted molar refractivity (Wildman–Crippen MR) is 195 cm³/mol. The largest absolute Gasteiger partial charge is 0.422 e. The summed E-state index contributed by atoms with van der Waals surface area (Å²) in [6.45, 7) is 6.26. The van der Waals surface area contributed by atoms with Gasteiger partial charge in [-0.05, 0) is 92.5 Å². The standard InChI is InChI=1S/C40H48F4N4O6/c1-23(2)34(45)38(51)53-22-54-39(52)48(28-10-5-6-11-28)29-18-15-26(16-19-29)35-30(36(49)46-27-17-14-24(3)31(21-27)40(42,43)44)12-8-20-47(35)37(50)33-25(4)9-7-13-32(33)41/h7,9,13-19,21,23,28,30,34-35,38,51H,5-6,8,10-12,20,22,45H2,1-4H3,(H,46,49)/t30-,34-,35-,38?/m0/s1. The lowest BCUT2D eigenvalue weighted by molar-refractivity contribution is -0.165. The van der Waals surface area contributed by atoms with Gasteiger partial charge in [0.2, 0.25) is 5.91 Å². The molecule has 0 radical (unpaired) electrons. The molecule has 54 heavy (non-hydrogen) atoms. The number of alkyl halides is 3. The van der Waals surface area contributed by atoms with E-state index in [4.69, 9.17) is 15.2 Å². The van der Waals surface area contributed by atoms with Crippen molar-refractivity contribution in [3.05, 3.63) is 94.3 Å². The van der Waals surface area contributed by atoms with Crippen molar-refractivity contribution in [1.82, 2.24) is 4.90 Å². The van der Waals surface area contributed by atoms with Gasteiger partial charge in [-0.2, -0.15) is 13.2 Å². The molecule has 1 unspecified atom stereocenters. The summed E-state index contributed by atoms with van der Waals surface area (Å²) in [6.07, 6.45) is -2.73. The van der Waals surface area contributed by atoms with Crippen molar-refractivity contribution >= 4 is 29.3 Å². The number of nitrogens with one attached hydrogen (secondary N) is 1. The molecule has 1 saturated heterocycles. The molecule has 4 N–H and O–H groups in total. The van der Waals surface area contributed by atoms with E-state index < -0.39 is 66.5 Å². The van der Waals surface area contributed by atoms with Crippen molar-refractivity contribution in [3.8, 4) is 0 Å². The first kappa shape index (κ1) is 40.7. The summed E-state index contributed by atoms with van der Waals surface area (Å²) in [6, 6.07) is 12.8. The number of nitrogens with zero attached hydrogens (tertiary/aromatic N) is 2. The second-order valence-corrected chi connectivity index (χ2v) is 14.4. The van der Waals surface area contributed by atoms with Gasteiger partial charge >= 0.3 is 12.3 Å². The third-order valence-electron chi connectivity index (χ3n) is 10.4. The highest BCUT2D eigenvalue weighted by molar-refractivity contribution is 5.98. The summed E-state index contributed by atoms with van der Waals surface area (Å²) in [5, 5.41) is 12.8. The summed E-state index contributed by atoms with van der Waals surface area (Å²) in [5.74, 6) is -2.94. The van der Waals surface area contributed by atoms with Gasteiger partial charge in [0.25, 0.3) is 5.91 Å². The zero-order valence-corrected chi connectivity index (χ0v) is 30.9. The number of hydrogen-bond acceptors (Lipinski definition) is 7. The van der Waals surface area contributed by atoms with Crippen LogP contribution in [0, 0.1) is 31.5 Å². The Hall–Kier alpha value is -4.53. The van der Waals surface area contributed by atoms with Gasteiger partial charge in [0.15, 0.2) is 13.1 Å². The van der Waals surface area contributed by atoms with E-state index in [1.165, 1.54) is 41.0 Å². The Kier molecular flexibility index (Phi) is 13.0. The average Bonchev–Trinajstić information content (AvgIpc) is 3.66. The molecule has 1 heterocycles. The molecule has 0 bridgehead atoms. The zero-order chi connectivity index (χ0) is 39.3. The second kappa shape index (κ2) is 17.3. The zero-order valence-electron chi connectivity index (χ0n) is 30.9. The van der Waals surface area contributed by atoms with Crippen LogP contribution in [0.3, 0.4) is 0 Å². The number of halogens is 4. The fourth-order valence-electron chi connectivity index (χ4n) is 7.32. The van der Waals surface area contributed by atoms with Gasteiger partial charge in [-0.1, -0.05) is 57.0 Å². The van der Waals surface area contributed by atoms with Crippen LogP contribution in [0.1, 0.15) is 91.0 Å². The Morgan fingerprint density at radius 2 is 1.67 bits per heavy atom. The number of anilines is 2. The van der Waals surface area contributed by atoms with Crippen LogP contribution in [0.2, 0.25) is 0 Å². The number of carbonyl (C=O) groups excluding carboxylic acids is 3. The topological polar surface area (TPSA) is 134 Å². The smallest absolute Gasteiger partial charge is 0.416 e. The molecule has 292 valence electrons. The minimum absolute atomic E-state index is 0.00383. The number of piperidine rings is 1. The maximum atomic E-state index is 15.2. The van der Waals surface area contributed by atoms with E-state index in [0.717, 1.165) is 31.7 Å². The van der Waals surface area contributed by atoms with Crippen molar-refractivity contribution in [2.24, 2.45) is 17.6 Å². The maximum Gasteiger partial charge on any atom is 0.416 e. The number of carbonyl (C=O) groups is 3. The third-order valence-corrected chi connectivity index (χ3v) is 10.4. The molecule has 1 aliphatic heterocycles. The van der Waals surface area contributed by atoms with Crippen LogP contribution in [0.15, 0.2) is 60.7 Å². The minimum atomic E-state index is -4.63. The summed E-state index contributed by atoms with van der Waals surface area (Å²) in [5.41, 5.74) is 6.28. The molecule has 3 amide bonds. The molecule has 1 aliphatic carbocycles. The van der Waals surface area contributed by atoms with E-state index in [1.54, 1.807) is 37.3 Å². The summed E-state index contributed by atoms with van der Waals surface area (Å²) in [7, 11) is 0. The maximum absolute atomic E-state index is 15.2. The molecule has 2 aliphatic rings. The number of amides is 3. The SMILES string of the molecule is Cc1ccc(NC(=O)[C@H]2CCCN(C(=O)c3c(C)cccc3F)[C@H]2c2ccc(N(C(=O)OCOC(O)[C@@H](N)C(C)C)C3CCCC3)cc2)cc1C(F)(F)F. The van der Waals surface area contributed by atoms with Crippen molar-refractivity contribution in [2.75, 3.05) is 23.6 Å². The molecular formula is C40H48F4N4O6. The Morgan fingerprint density at radius 1 is 0.981 bits per heavy atom. The van der Waals surface area contributed by atoms with E-state index in [-0.39, 0.29) is 35.3 Å². The van der Waals surface area contributed by atoms with Gasteiger partial charge in [-0.25, -0.2) is 9.18 Å². The Morgan fingerprint density at radius 3 is 2.30 bits per heavy atom. The van der Waals surface area contributed by atoms with Crippen LogP contribution < -0.4 is 16.0 Å². The monoisotopic (exact) mass is 756 g/mol. The highest BCUT2D eigenvalue weighted by Gasteiger charge is 2.41. The number of hydrogen-bond donors (Lipinski definition) is 3. The van der Waals surface area contributed by atoms with Gasteiger partial charge < -0.3 is 30.5 Å².